The Morgan fingerprint density at radius 2 is 1.67 bits per heavy atom. The molecule has 1 aliphatic heterocycles. The molecule has 2 aromatic carbocycles. The fourth-order valence-corrected chi connectivity index (χ4v) is 3.02. The lowest BCUT2D eigenvalue weighted by Gasteiger charge is -2.16. The van der Waals surface area contributed by atoms with E-state index in [1.807, 2.05) is 4.90 Å². The molecule has 1 amide bonds. The van der Waals surface area contributed by atoms with E-state index in [0.717, 1.165) is 24.9 Å². The summed E-state index contributed by atoms with van der Waals surface area (Å²) in [7, 11) is 0. The average molecular weight is 279 g/mol. The van der Waals surface area contributed by atoms with Crippen molar-refractivity contribution < 1.29 is 4.79 Å². The topological polar surface area (TPSA) is 20.3 Å². The Hall–Kier alpha value is -2.09. The van der Waals surface area contributed by atoms with Crippen LogP contribution in [-0.4, -0.2) is 10.8 Å². The molecule has 1 aliphatic rings. The fourth-order valence-electron chi connectivity index (χ4n) is 3.02. The van der Waals surface area contributed by atoms with E-state index in [2.05, 4.69) is 56.3 Å². The molecule has 0 aliphatic carbocycles. The van der Waals surface area contributed by atoms with Gasteiger partial charge in [-0.15, -0.1) is 0 Å². The van der Waals surface area contributed by atoms with E-state index < -0.39 is 0 Å². The average Bonchev–Trinajstić information content (AvgIpc) is 2.84. The third-order valence-electron chi connectivity index (χ3n) is 4.28. The predicted molar refractivity (Wildman–Crippen MR) is 85.2 cm³/mol. The van der Waals surface area contributed by atoms with Crippen LogP contribution in [0.1, 0.15) is 46.5 Å². The van der Waals surface area contributed by atoms with Crippen LogP contribution in [0.2, 0.25) is 0 Å². The SMILES string of the molecule is CCc1ccc(CN2Cc3cccc(CC)c3C2=O)cc1. The molecule has 21 heavy (non-hydrogen) atoms. The van der Waals surface area contributed by atoms with Crippen LogP contribution in [0.4, 0.5) is 0 Å². The summed E-state index contributed by atoms with van der Waals surface area (Å²) >= 11 is 0. The molecule has 1 heterocycles. The Bertz CT molecular complexity index is 658. The summed E-state index contributed by atoms with van der Waals surface area (Å²) in [5, 5.41) is 0. The second-order valence-electron chi connectivity index (χ2n) is 5.64. The van der Waals surface area contributed by atoms with Crippen LogP contribution in [0.25, 0.3) is 0 Å². The highest BCUT2D eigenvalue weighted by atomic mass is 16.2. The minimum atomic E-state index is 0.182. The Labute approximate surface area is 126 Å². The number of carbonyl (C=O) groups is 1. The van der Waals surface area contributed by atoms with Gasteiger partial charge in [-0.3, -0.25) is 4.79 Å². The Morgan fingerprint density at radius 3 is 2.33 bits per heavy atom. The van der Waals surface area contributed by atoms with Crippen LogP contribution in [0, 0.1) is 0 Å². The smallest absolute Gasteiger partial charge is 0.255 e. The zero-order valence-electron chi connectivity index (χ0n) is 12.7. The van der Waals surface area contributed by atoms with Gasteiger partial charge in [0.05, 0.1) is 0 Å². The molecule has 0 N–H and O–H groups in total. The first kappa shape index (κ1) is 13.9. The molecule has 0 atom stereocenters. The second-order valence-corrected chi connectivity index (χ2v) is 5.64. The van der Waals surface area contributed by atoms with Crippen LogP contribution < -0.4 is 0 Å². The largest absolute Gasteiger partial charge is 0.330 e. The molecule has 0 bridgehead atoms. The molecule has 0 spiro atoms. The lowest BCUT2D eigenvalue weighted by atomic mass is 10.0. The first-order chi connectivity index (χ1) is 10.2. The van der Waals surface area contributed by atoms with Crippen molar-refractivity contribution in [1.29, 1.82) is 0 Å². The molecule has 2 aromatic rings. The quantitative estimate of drug-likeness (QED) is 0.829. The highest BCUT2D eigenvalue weighted by Gasteiger charge is 2.28. The minimum absolute atomic E-state index is 0.182. The van der Waals surface area contributed by atoms with Crippen molar-refractivity contribution in [3.63, 3.8) is 0 Å². The van der Waals surface area contributed by atoms with Gasteiger partial charge in [0, 0.05) is 18.7 Å². The minimum Gasteiger partial charge on any atom is -0.330 e. The Morgan fingerprint density at radius 1 is 0.952 bits per heavy atom. The number of hydrogen-bond acceptors (Lipinski definition) is 1. The van der Waals surface area contributed by atoms with Crippen molar-refractivity contribution in [1.82, 2.24) is 4.90 Å². The van der Waals surface area contributed by atoms with Crippen molar-refractivity contribution in [3.8, 4) is 0 Å². The van der Waals surface area contributed by atoms with E-state index in [1.165, 1.54) is 22.3 Å². The number of hydrogen-bond donors (Lipinski definition) is 0. The molecule has 0 saturated carbocycles. The molecular formula is C19H21NO. The van der Waals surface area contributed by atoms with Crippen LogP contribution in [0.3, 0.4) is 0 Å². The number of fused-ring (bicyclic) bond motifs is 1. The van der Waals surface area contributed by atoms with Crippen molar-refractivity contribution in [3.05, 3.63) is 70.3 Å². The maximum absolute atomic E-state index is 12.6. The second kappa shape index (κ2) is 5.72. The molecule has 0 aromatic heterocycles. The van der Waals surface area contributed by atoms with Gasteiger partial charge in [-0.25, -0.2) is 0 Å². The predicted octanol–water partition coefficient (Wildman–Crippen LogP) is 3.97. The molecule has 0 fully saturated rings. The van der Waals surface area contributed by atoms with Crippen LogP contribution in [-0.2, 0) is 25.9 Å². The van der Waals surface area contributed by atoms with E-state index in [1.54, 1.807) is 0 Å². The molecule has 2 heteroatoms. The van der Waals surface area contributed by atoms with Crippen molar-refractivity contribution in [2.45, 2.75) is 39.8 Å². The zero-order chi connectivity index (χ0) is 14.8. The molecule has 0 saturated heterocycles. The Balaban J connectivity index is 1.81. The van der Waals surface area contributed by atoms with E-state index in [0.29, 0.717) is 6.54 Å². The molecule has 0 radical (unpaired) electrons. The first-order valence-corrected chi connectivity index (χ1v) is 7.70. The monoisotopic (exact) mass is 279 g/mol. The van der Waals surface area contributed by atoms with Crippen LogP contribution in [0.15, 0.2) is 42.5 Å². The molecule has 2 nitrogen and oxygen atoms in total. The van der Waals surface area contributed by atoms with E-state index in [-0.39, 0.29) is 5.91 Å². The number of amides is 1. The first-order valence-electron chi connectivity index (χ1n) is 7.70. The summed E-state index contributed by atoms with van der Waals surface area (Å²) in [5.74, 6) is 0.182. The zero-order valence-corrected chi connectivity index (χ0v) is 12.7. The van der Waals surface area contributed by atoms with Gasteiger partial charge in [0.15, 0.2) is 0 Å². The summed E-state index contributed by atoms with van der Waals surface area (Å²) in [6.45, 7) is 5.69. The lowest BCUT2D eigenvalue weighted by molar-refractivity contribution is 0.0766. The summed E-state index contributed by atoms with van der Waals surface area (Å²) < 4.78 is 0. The highest BCUT2D eigenvalue weighted by Crippen LogP contribution is 2.27. The molecule has 3 rings (SSSR count). The number of nitrogens with zero attached hydrogens (tertiary/aromatic N) is 1. The Kier molecular flexibility index (Phi) is 3.78. The van der Waals surface area contributed by atoms with E-state index in [4.69, 9.17) is 0 Å². The maximum atomic E-state index is 12.6. The highest BCUT2D eigenvalue weighted by molar-refractivity contribution is 5.99. The van der Waals surface area contributed by atoms with Gasteiger partial charge in [-0.2, -0.15) is 0 Å². The number of aryl methyl sites for hydroxylation is 2. The number of benzene rings is 2. The molecule has 0 unspecified atom stereocenters. The van der Waals surface area contributed by atoms with Crippen LogP contribution >= 0.6 is 0 Å². The maximum Gasteiger partial charge on any atom is 0.255 e. The summed E-state index contributed by atoms with van der Waals surface area (Å²) in [5.41, 5.74) is 5.81. The molecule has 108 valence electrons. The summed E-state index contributed by atoms with van der Waals surface area (Å²) in [6, 6.07) is 14.8. The van der Waals surface area contributed by atoms with Crippen molar-refractivity contribution in [2.24, 2.45) is 0 Å². The summed E-state index contributed by atoms with van der Waals surface area (Å²) in [6.07, 6.45) is 1.96. The van der Waals surface area contributed by atoms with Gasteiger partial charge in [0.25, 0.3) is 5.91 Å². The van der Waals surface area contributed by atoms with Gasteiger partial charge in [-0.1, -0.05) is 56.3 Å². The van der Waals surface area contributed by atoms with Crippen molar-refractivity contribution >= 4 is 5.91 Å². The van der Waals surface area contributed by atoms with E-state index in [9.17, 15) is 4.79 Å². The third kappa shape index (κ3) is 2.58. The standard InChI is InChI=1S/C19H21NO/c1-3-14-8-10-15(11-9-14)12-20-13-17-7-5-6-16(4-2)18(17)19(20)21/h5-11H,3-4,12-13H2,1-2H3. The van der Waals surface area contributed by atoms with Gasteiger partial charge in [-0.05, 0) is 35.1 Å². The normalized spacial score (nSPS) is 13.6. The lowest BCUT2D eigenvalue weighted by Crippen LogP contribution is -2.23. The van der Waals surface area contributed by atoms with Gasteiger partial charge < -0.3 is 4.90 Å². The van der Waals surface area contributed by atoms with Gasteiger partial charge in [0.1, 0.15) is 0 Å². The van der Waals surface area contributed by atoms with Gasteiger partial charge >= 0.3 is 0 Å². The molecular weight excluding hydrogens is 258 g/mol. The van der Waals surface area contributed by atoms with E-state index >= 15 is 0 Å². The fraction of sp³-hybridized carbons (Fsp3) is 0.316. The van der Waals surface area contributed by atoms with Crippen molar-refractivity contribution in [2.75, 3.05) is 0 Å². The number of carbonyl (C=O) groups excluding carboxylic acids is 1. The number of rotatable bonds is 4. The van der Waals surface area contributed by atoms with Crippen LogP contribution in [0.5, 0.6) is 0 Å². The third-order valence-corrected chi connectivity index (χ3v) is 4.28. The van der Waals surface area contributed by atoms with Gasteiger partial charge in [0.2, 0.25) is 0 Å². The summed E-state index contributed by atoms with van der Waals surface area (Å²) in [4.78, 5) is 14.6.